The molecule has 0 unspecified atom stereocenters. The number of aliphatic hydroxyl groups is 2. The number of nitrogens with one attached hydrogen (secondary N) is 2. The monoisotopic (exact) mass is 873 g/mol. The average Bonchev–Trinajstić information content (AvgIpc) is 4.03. The number of aryl methyl sites for hydroxylation is 1. The minimum Gasteiger partial charge on any atom is -0.506 e. The Morgan fingerprint density at radius 1 is 1.08 bits per heavy atom. The molecule has 7 rings (SSSR count). The van der Waals surface area contributed by atoms with Gasteiger partial charge in [-0.3, -0.25) is 14.2 Å². The number of esters is 1. The second-order valence-electron chi connectivity index (χ2n) is 14.2. The van der Waals surface area contributed by atoms with Crippen LogP contribution in [0.3, 0.4) is 0 Å². The number of hydrogen-bond acceptors (Lipinski definition) is 14. The quantitative estimate of drug-likeness (QED) is 0.0639. The SMILES string of the molecule is COc1cc(-c2noc(CCCN(C)[C@H]3CC[C@H](OC(=O)C(O)(c4cccs4)c4cccs4)CC3)n2)c(Cl)cc1CNC[C@H](O)c1ccc(O)c2[nH]c(=O)ccc12.F.F. The first-order valence-electron chi connectivity index (χ1n) is 18.7. The third kappa shape index (κ3) is 10.0. The molecular formula is C41H46ClF2N5O8S2. The highest BCUT2D eigenvalue weighted by molar-refractivity contribution is 7.12. The van der Waals surface area contributed by atoms with Crippen molar-refractivity contribution in [2.75, 3.05) is 27.2 Å². The van der Waals surface area contributed by atoms with E-state index in [1.165, 1.54) is 34.8 Å². The van der Waals surface area contributed by atoms with E-state index in [0.717, 1.165) is 44.2 Å². The summed E-state index contributed by atoms with van der Waals surface area (Å²) in [5, 5.41) is 44.8. The van der Waals surface area contributed by atoms with Gasteiger partial charge in [-0.25, -0.2) is 4.79 Å². The van der Waals surface area contributed by atoms with Gasteiger partial charge in [-0.05, 0) is 98.4 Å². The fraction of sp³-hybridized carbons (Fsp3) is 0.366. The first-order valence-corrected chi connectivity index (χ1v) is 20.8. The van der Waals surface area contributed by atoms with E-state index < -0.39 is 17.7 Å². The maximum atomic E-state index is 13.4. The van der Waals surface area contributed by atoms with Gasteiger partial charge < -0.3 is 44.5 Å². The largest absolute Gasteiger partial charge is 0.506 e. The van der Waals surface area contributed by atoms with Gasteiger partial charge in [0.1, 0.15) is 17.6 Å². The minimum atomic E-state index is -1.80. The number of phenols is 1. The van der Waals surface area contributed by atoms with Crippen LogP contribution < -0.4 is 15.6 Å². The van der Waals surface area contributed by atoms with Crippen LogP contribution in [-0.4, -0.2) is 80.7 Å². The third-order valence-electron chi connectivity index (χ3n) is 10.5. The zero-order valence-corrected chi connectivity index (χ0v) is 34.6. The summed E-state index contributed by atoms with van der Waals surface area (Å²) < 4.78 is 17.2. The predicted molar refractivity (Wildman–Crippen MR) is 224 cm³/mol. The second kappa shape index (κ2) is 20.0. The number of aromatic nitrogens is 3. The van der Waals surface area contributed by atoms with Crippen LogP contribution in [0.5, 0.6) is 11.5 Å². The number of methoxy groups -OCH3 is 1. The lowest BCUT2D eigenvalue weighted by molar-refractivity contribution is -0.169. The summed E-state index contributed by atoms with van der Waals surface area (Å²) in [6.07, 6.45) is 3.41. The van der Waals surface area contributed by atoms with E-state index in [1.54, 1.807) is 43.5 Å². The van der Waals surface area contributed by atoms with Crippen molar-refractivity contribution in [1.82, 2.24) is 25.3 Å². The van der Waals surface area contributed by atoms with Crippen molar-refractivity contribution in [3.8, 4) is 22.9 Å². The molecule has 13 nitrogen and oxygen atoms in total. The van der Waals surface area contributed by atoms with Crippen molar-refractivity contribution >= 4 is 51.1 Å². The van der Waals surface area contributed by atoms with E-state index in [1.807, 2.05) is 22.9 Å². The Morgan fingerprint density at radius 2 is 1.80 bits per heavy atom. The molecule has 0 saturated heterocycles. The summed E-state index contributed by atoms with van der Waals surface area (Å²) in [5.74, 6) is 0.717. The van der Waals surface area contributed by atoms with E-state index in [9.17, 15) is 24.9 Å². The highest BCUT2D eigenvalue weighted by atomic mass is 35.5. The standard InChI is InChI=1S/C41H44ClN5O8S2.2FH/c1-47(25-9-11-26(12-10-25)54-40(51)41(52,34-6-4-18-56-34)35-7-5-19-57-35)17-3-8-37-45-39(46-55-37)29-21-33(53-2)24(20-30(29)42)22-43-23-32(49)27-13-15-31(48)38-28(27)14-16-36(50)44-38;;/h4-7,13-16,18-21,25-26,32,43,48-49,52H,3,8-12,17,22-23H2,1-2H3,(H,44,50);2*1H/t25-,26-,32-;;/m0../s1. The number of rotatable bonds is 16. The molecule has 1 saturated carbocycles. The number of aromatic hydroxyl groups is 1. The van der Waals surface area contributed by atoms with Crippen LogP contribution in [-0.2, 0) is 28.1 Å². The molecule has 59 heavy (non-hydrogen) atoms. The molecular weight excluding hydrogens is 828 g/mol. The Labute approximate surface area is 351 Å². The second-order valence-corrected chi connectivity index (χ2v) is 16.5. The van der Waals surface area contributed by atoms with E-state index >= 15 is 0 Å². The maximum Gasteiger partial charge on any atom is 0.349 e. The number of halogens is 3. The Kier molecular flexibility index (Phi) is 15.4. The number of carbonyl (C=O) groups excluding carboxylic acids is 1. The summed E-state index contributed by atoms with van der Waals surface area (Å²) in [5.41, 5.74) is 0.0112. The van der Waals surface area contributed by atoms with Gasteiger partial charge in [0.2, 0.25) is 22.9 Å². The highest BCUT2D eigenvalue weighted by Crippen LogP contribution is 2.38. The molecule has 6 aromatic rings. The topological polar surface area (TPSA) is 183 Å². The van der Waals surface area contributed by atoms with Crippen LogP contribution in [0, 0.1) is 0 Å². The minimum absolute atomic E-state index is 0. The Bertz CT molecular complexity index is 2320. The highest BCUT2D eigenvalue weighted by Gasteiger charge is 2.45. The number of nitrogens with zero attached hydrogens (tertiary/aromatic N) is 3. The number of phenolic OH excluding ortho intramolecular Hbond substituents is 1. The molecule has 0 aliphatic heterocycles. The van der Waals surface area contributed by atoms with Crippen molar-refractivity contribution in [3.05, 3.63) is 114 Å². The molecule has 1 fully saturated rings. The molecule has 0 spiro atoms. The summed E-state index contributed by atoms with van der Waals surface area (Å²) >= 11 is 9.39. The molecule has 1 atom stereocenters. The van der Waals surface area contributed by atoms with Gasteiger partial charge in [0.05, 0.1) is 33.5 Å². The van der Waals surface area contributed by atoms with Crippen LogP contribution in [0.4, 0.5) is 9.41 Å². The normalized spacial score (nSPS) is 16.0. The molecule has 5 N–H and O–H groups in total. The van der Waals surface area contributed by atoms with E-state index in [4.69, 9.17) is 25.6 Å². The molecule has 18 heteroatoms. The summed E-state index contributed by atoms with van der Waals surface area (Å²) in [4.78, 5) is 35.8. The number of aromatic amines is 1. The number of fused-ring (bicyclic) bond motifs is 1. The first-order chi connectivity index (χ1) is 27.5. The van der Waals surface area contributed by atoms with Gasteiger partial charge in [0, 0.05) is 48.1 Å². The van der Waals surface area contributed by atoms with Crippen LogP contribution >= 0.6 is 34.3 Å². The van der Waals surface area contributed by atoms with Crippen molar-refractivity contribution < 1.29 is 43.5 Å². The Hall–Kier alpha value is -4.75. The van der Waals surface area contributed by atoms with Gasteiger partial charge in [0.15, 0.2) is 0 Å². The predicted octanol–water partition coefficient (Wildman–Crippen LogP) is 6.85. The molecule has 0 radical (unpaired) electrons. The van der Waals surface area contributed by atoms with Crippen molar-refractivity contribution in [3.63, 3.8) is 0 Å². The molecule has 2 aromatic carbocycles. The number of H-pyrrole nitrogens is 1. The summed E-state index contributed by atoms with van der Waals surface area (Å²) in [7, 11) is 3.66. The van der Waals surface area contributed by atoms with E-state index in [-0.39, 0.29) is 38.9 Å². The Balaban J connectivity index is 0.00000331. The molecule has 4 aromatic heterocycles. The fourth-order valence-electron chi connectivity index (χ4n) is 7.36. The first kappa shape index (κ1) is 45.3. The lowest BCUT2D eigenvalue weighted by atomic mass is 9.91. The van der Waals surface area contributed by atoms with Crippen LogP contribution in [0.15, 0.2) is 80.7 Å². The number of thiophene rings is 2. The molecule has 1 aliphatic carbocycles. The summed E-state index contributed by atoms with van der Waals surface area (Å²) in [6.45, 7) is 1.33. The number of hydrogen-bond donors (Lipinski definition) is 5. The smallest absolute Gasteiger partial charge is 0.349 e. The van der Waals surface area contributed by atoms with Gasteiger partial charge in [0.25, 0.3) is 0 Å². The van der Waals surface area contributed by atoms with Crippen molar-refractivity contribution in [2.45, 2.75) is 68.9 Å². The van der Waals surface area contributed by atoms with Crippen molar-refractivity contribution in [2.24, 2.45) is 0 Å². The molecule has 0 amide bonds. The zero-order valence-electron chi connectivity index (χ0n) is 32.3. The molecule has 4 heterocycles. The number of benzene rings is 2. The average molecular weight is 874 g/mol. The fourth-order valence-corrected chi connectivity index (χ4v) is 9.34. The number of pyridine rings is 1. The molecule has 1 aliphatic rings. The van der Waals surface area contributed by atoms with Gasteiger partial charge >= 0.3 is 5.97 Å². The zero-order chi connectivity index (χ0) is 40.1. The third-order valence-corrected chi connectivity index (χ3v) is 12.8. The summed E-state index contributed by atoms with van der Waals surface area (Å²) in [6, 6.07) is 17.1. The van der Waals surface area contributed by atoms with Gasteiger partial charge in [-0.15, -0.1) is 22.7 Å². The number of ether oxygens (including phenoxy) is 2. The molecule has 316 valence electrons. The van der Waals surface area contributed by atoms with Gasteiger partial charge in [-0.1, -0.05) is 35.0 Å². The van der Waals surface area contributed by atoms with Gasteiger partial charge in [-0.2, -0.15) is 4.98 Å². The van der Waals surface area contributed by atoms with Crippen molar-refractivity contribution in [1.29, 1.82) is 0 Å². The van der Waals surface area contributed by atoms with Crippen LogP contribution in [0.2, 0.25) is 5.02 Å². The van der Waals surface area contributed by atoms with Crippen LogP contribution in [0.1, 0.15) is 65.0 Å². The molecule has 0 bridgehead atoms. The lowest BCUT2D eigenvalue weighted by Crippen LogP contribution is -2.42. The van der Waals surface area contributed by atoms with E-state index in [2.05, 4.69) is 32.4 Å². The number of carbonyl (C=O) groups is 1. The van der Waals surface area contributed by atoms with Crippen LogP contribution in [0.25, 0.3) is 22.3 Å². The van der Waals surface area contributed by atoms with E-state index in [0.29, 0.717) is 67.8 Å². The Morgan fingerprint density at radius 3 is 2.46 bits per heavy atom. The lowest BCUT2D eigenvalue weighted by Gasteiger charge is -2.35. The maximum absolute atomic E-state index is 13.4. The number of aliphatic hydroxyl groups excluding tert-OH is 1.